The maximum Gasteiger partial charge on any atom is 0.0577 e. The molecule has 2 unspecified atom stereocenters. The summed E-state index contributed by atoms with van der Waals surface area (Å²) in [6, 6.07) is 4.31. The lowest BCUT2D eigenvalue weighted by atomic mass is 9.47. The van der Waals surface area contributed by atoms with Crippen LogP contribution in [0.2, 0.25) is 0 Å². The predicted octanol–water partition coefficient (Wildman–Crippen LogP) is 5.40. The number of aliphatic hydroxyl groups is 1. The van der Waals surface area contributed by atoms with E-state index in [1.165, 1.54) is 37.7 Å². The third-order valence-corrected chi connectivity index (χ3v) is 8.63. The van der Waals surface area contributed by atoms with Crippen molar-refractivity contribution in [3.05, 3.63) is 47.8 Å². The van der Waals surface area contributed by atoms with Crippen molar-refractivity contribution in [3.8, 4) is 0 Å². The molecule has 2 heteroatoms. The molecule has 5 rings (SSSR count). The van der Waals surface area contributed by atoms with E-state index in [1.807, 2.05) is 12.4 Å². The van der Waals surface area contributed by atoms with Gasteiger partial charge in [0.25, 0.3) is 0 Å². The van der Waals surface area contributed by atoms with Gasteiger partial charge in [-0.25, -0.2) is 0 Å². The summed E-state index contributed by atoms with van der Waals surface area (Å²) in [5.74, 6) is 2.36. The molecule has 0 bridgehead atoms. The van der Waals surface area contributed by atoms with Crippen molar-refractivity contribution in [1.29, 1.82) is 0 Å². The second-order valence-corrected chi connectivity index (χ2v) is 9.71. The number of hydrogen-bond acceptors (Lipinski definition) is 2. The summed E-state index contributed by atoms with van der Waals surface area (Å²) in [6.07, 6.45) is 17.0. The third-order valence-electron chi connectivity index (χ3n) is 8.63. The molecule has 26 heavy (non-hydrogen) atoms. The molecule has 6 atom stereocenters. The van der Waals surface area contributed by atoms with Crippen molar-refractivity contribution in [2.75, 3.05) is 0 Å². The minimum atomic E-state index is -0.106. The molecule has 0 aliphatic heterocycles. The molecule has 2 nitrogen and oxygen atoms in total. The Kier molecular flexibility index (Phi) is 3.73. The molecule has 0 aromatic carbocycles. The second kappa shape index (κ2) is 5.79. The summed E-state index contributed by atoms with van der Waals surface area (Å²) in [6.45, 7) is 5.03. The van der Waals surface area contributed by atoms with Crippen molar-refractivity contribution in [2.45, 2.75) is 64.9 Å². The van der Waals surface area contributed by atoms with Gasteiger partial charge in [-0.05, 0) is 90.7 Å². The van der Waals surface area contributed by atoms with E-state index in [0.717, 1.165) is 30.6 Å². The van der Waals surface area contributed by atoms with E-state index in [-0.39, 0.29) is 6.10 Å². The molecular weight excluding hydrogens is 318 g/mol. The summed E-state index contributed by atoms with van der Waals surface area (Å²) < 4.78 is 0. The van der Waals surface area contributed by atoms with Crippen molar-refractivity contribution < 1.29 is 5.11 Å². The first-order valence-corrected chi connectivity index (χ1v) is 10.5. The van der Waals surface area contributed by atoms with Gasteiger partial charge in [0.15, 0.2) is 0 Å². The van der Waals surface area contributed by atoms with Crippen molar-refractivity contribution in [3.63, 3.8) is 0 Å². The van der Waals surface area contributed by atoms with E-state index in [9.17, 15) is 5.11 Å². The highest BCUT2D eigenvalue weighted by Gasteiger charge is 2.56. The number of nitrogens with zero attached hydrogens (tertiary/aromatic N) is 1. The van der Waals surface area contributed by atoms with Gasteiger partial charge in [-0.3, -0.25) is 4.98 Å². The van der Waals surface area contributed by atoms with E-state index in [2.05, 4.69) is 43.1 Å². The summed E-state index contributed by atoms with van der Waals surface area (Å²) in [5, 5.41) is 10.2. The Morgan fingerprint density at radius 3 is 2.69 bits per heavy atom. The molecule has 1 aromatic heterocycles. The maximum absolute atomic E-state index is 10.2. The minimum Gasteiger partial charge on any atom is -0.393 e. The lowest BCUT2D eigenvalue weighted by molar-refractivity contribution is -0.0238. The van der Waals surface area contributed by atoms with Crippen LogP contribution in [0.15, 0.2) is 42.3 Å². The lowest BCUT2D eigenvalue weighted by Crippen LogP contribution is -2.49. The quantitative estimate of drug-likeness (QED) is 0.689. The number of pyridine rings is 1. The first kappa shape index (κ1) is 16.7. The number of rotatable bonds is 1. The molecule has 1 aromatic rings. The smallest absolute Gasteiger partial charge is 0.0577 e. The first-order chi connectivity index (χ1) is 12.5. The molecule has 2 fully saturated rings. The van der Waals surface area contributed by atoms with Gasteiger partial charge in [0, 0.05) is 12.4 Å². The summed E-state index contributed by atoms with van der Waals surface area (Å²) >= 11 is 0. The molecule has 138 valence electrons. The van der Waals surface area contributed by atoms with Crippen molar-refractivity contribution >= 4 is 5.57 Å². The zero-order valence-corrected chi connectivity index (χ0v) is 16.1. The van der Waals surface area contributed by atoms with Crippen LogP contribution in [0.1, 0.15) is 64.4 Å². The number of aromatic nitrogens is 1. The van der Waals surface area contributed by atoms with E-state index in [1.54, 1.807) is 11.1 Å². The fourth-order valence-corrected chi connectivity index (χ4v) is 7.18. The standard InChI is InChI=1S/C24H31NO/c1-23-11-9-18(26)14-17(23)5-6-19-21-8-7-20(16-4-3-13-25-15-16)24(21,2)12-10-22(19)23/h3-5,7,13,15,18-19,21-22,26H,6,8-12,14H2,1-2H3/t18?,19-,21-,22-,23?,24-/m1/s1. The van der Waals surface area contributed by atoms with Crippen LogP contribution in [0.25, 0.3) is 5.57 Å². The van der Waals surface area contributed by atoms with Crippen LogP contribution in [0.5, 0.6) is 0 Å². The van der Waals surface area contributed by atoms with E-state index >= 15 is 0 Å². The highest BCUT2D eigenvalue weighted by Crippen LogP contribution is 2.66. The van der Waals surface area contributed by atoms with Crippen LogP contribution in [0.4, 0.5) is 0 Å². The number of aliphatic hydroxyl groups excluding tert-OH is 1. The fourth-order valence-electron chi connectivity index (χ4n) is 7.18. The Balaban J connectivity index is 1.48. The van der Waals surface area contributed by atoms with Crippen LogP contribution < -0.4 is 0 Å². The molecule has 1 N–H and O–H groups in total. The molecule has 1 heterocycles. The number of fused-ring (bicyclic) bond motifs is 5. The van der Waals surface area contributed by atoms with Gasteiger partial charge in [0.05, 0.1) is 6.10 Å². The van der Waals surface area contributed by atoms with Gasteiger partial charge < -0.3 is 5.11 Å². The Hall–Kier alpha value is -1.41. The third kappa shape index (κ3) is 2.24. The lowest BCUT2D eigenvalue weighted by Gasteiger charge is -2.57. The van der Waals surface area contributed by atoms with Gasteiger partial charge in [0.2, 0.25) is 0 Å². The normalized spacial score (nSPS) is 44.4. The van der Waals surface area contributed by atoms with Gasteiger partial charge in [-0.2, -0.15) is 0 Å². The van der Waals surface area contributed by atoms with Crippen LogP contribution in [0.3, 0.4) is 0 Å². The average Bonchev–Trinajstić information content (AvgIpc) is 3.00. The van der Waals surface area contributed by atoms with Crippen LogP contribution in [-0.2, 0) is 0 Å². The zero-order chi connectivity index (χ0) is 17.9. The number of hydrogen-bond donors (Lipinski definition) is 1. The molecular formula is C24H31NO. The number of allylic oxidation sites excluding steroid dienone is 3. The largest absolute Gasteiger partial charge is 0.393 e. The average molecular weight is 350 g/mol. The highest BCUT2D eigenvalue weighted by molar-refractivity contribution is 5.72. The molecule has 0 radical (unpaired) electrons. The van der Waals surface area contributed by atoms with Gasteiger partial charge in [-0.15, -0.1) is 0 Å². The van der Waals surface area contributed by atoms with E-state index in [0.29, 0.717) is 10.8 Å². The van der Waals surface area contributed by atoms with Gasteiger partial charge in [0.1, 0.15) is 0 Å². The van der Waals surface area contributed by atoms with Crippen molar-refractivity contribution in [1.82, 2.24) is 4.98 Å². The Bertz CT molecular complexity index is 766. The Morgan fingerprint density at radius 1 is 1.04 bits per heavy atom. The second-order valence-electron chi connectivity index (χ2n) is 9.71. The zero-order valence-electron chi connectivity index (χ0n) is 16.1. The molecule has 0 saturated heterocycles. The monoisotopic (exact) mass is 349 g/mol. The van der Waals surface area contributed by atoms with E-state index in [4.69, 9.17) is 0 Å². The van der Waals surface area contributed by atoms with Crippen molar-refractivity contribution in [2.24, 2.45) is 28.6 Å². The summed E-state index contributed by atoms with van der Waals surface area (Å²) in [7, 11) is 0. The maximum atomic E-state index is 10.2. The van der Waals surface area contributed by atoms with E-state index < -0.39 is 0 Å². The van der Waals surface area contributed by atoms with Crippen LogP contribution in [-0.4, -0.2) is 16.2 Å². The molecule has 0 amide bonds. The Morgan fingerprint density at radius 2 is 1.88 bits per heavy atom. The molecule has 4 aliphatic rings. The van der Waals surface area contributed by atoms with Crippen LogP contribution in [0, 0.1) is 28.6 Å². The summed E-state index contributed by atoms with van der Waals surface area (Å²) in [4.78, 5) is 4.38. The molecule has 2 saturated carbocycles. The predicted molar refractivity (Wildman–Crippen MR) is 105 cm³/mol. The van der Waals surface area contributed by atoms with Crippen LogP contribution >= 0.6 is 0 Å². The summed E-state index contributed by atoms with van der Waals surface area (Å²) in [5.41, 5.74) is 5.09. The van der Waals surface area contributed by atoms with Gasteiger partial charge >= 0.3 is 0 Å². The highest BCUT2D eigenvalue weighted by atomic mass is 16.3. The Labute approximate surface area is 157 Å². The SMILES string of the molecule is CC12CCC(O)CC1=CC[C@H]1[C@H]2CC[C@]2(C)C(c3cccnc3)=CC[C@H]12. The minimum absolute atomic E-state index is 0.106. The van der Waals surface area contributed by atoms with Gasteiger partial charge in [-0.1, -0.05) is 37.6 Å². The molecule has 4 aliphatic carbocycles. The topological polar surface area (TPSA) is 33.1 Å². The molecule has 0 spiro atoms. The fraction of sp³-hybridized carbons (Fsp3) is 0.625. The first-order valence-electron chi connectivity index (χ1n) is 10.5.